The van der Waals surface area contributed by atoms with Crippen LogP contribution in [0.2, 0.25) is 0 Å². The van der Waals surface area contributed by atoms with Crippen LogP contribution in [0.15, 0.2) is 4.42 Å². The summed E-state index contributed by atoms with van der Waals surface area (Å²) >= 11 is 0. The van der Waals surface area contributed by atoms with Crippen molar-refractivity contribution in [3.05, 3.63) is 22.6 Å². The molecule has 1 amide bonds. The van der Waals surface area contributed by atoms with Gasteiger partial charge in [-0.25, -0.2) is 0 Å². The fourth-order valence-electron chi connectivity index (χ4n) is 3.45. The summed E-state index contributed by atoms with van der Waals surface area (Å²) in [6.45, 7) is 6.65. The summed E-state index contributed by atoms with van der Waals surface area (Å²) < 4.78 is 5.70. The maximum absolute atomic E-state index is 12.4. The minimum absolute atomic E-state index is 0.104. The molecule has 2 heterocycles. The molecule has 0 bridgehead atoms. The van der Waals surface area contributed by atoms with Crippen LogP contribution in [0.5, 0.6) is 0 Å². The molecular formula is C17H24N2O3. The molecule has 1 aliphatic heterocycles. The van der Waals surface area contributed by atoms with E-state index in [0.717, 1.165) is 38.8 Å². The molecule has 5 heteroatoms. The van der Waals surface area contributed by atoms with Gasteiger partial charge in [0.25, 0.3) is 5.91 Å². The predicted molar refractivity (Wildman–Crippen MR) is 83.3 cm³/mol. The largest absolute Gasteiger partial charge is 0.455 e. The average Bonchev–Trinajstić information content (AvgIpc) is 2.84. The molecule has 2 N–H and O–H groups in total. The lowest BCUT2D eigenvalue weighted by Crippen LogP contribution is -2.42. The van der Waals surface area contributed by atoms with Crippen molar-refractivity contribution in [3.8, 4) is 0 Å². The molecular weight excluding hydrogens is 280 g/mol. The average molecular weight is 304 g/mol. The first kappa shape index (κ1) is 15.3. The summed E-state index contributed by atoms with van der Waals surface area (Å²) in [5.41, 5.74) is 1.48. The first-order chi connectivity index (χ1) is 10.5. The van der Waals surface area contributed by atoms with E-state index < -0.39 is 0 Å². The van der Waals surface area contributed by atoms with E-state index in [1.807, 2.05) is 6.92 Å². The monoisotopic (exact) mass is 304 g/mol. The Bertz CT molecular complexity index is 597. The lowest BCUT2D eigenvalue weighted by molar-refractivity contribution is 0.0889. The van der Waals surface area contributed by atoms with Crippen molar-refractivity contribution in [3.63, 3.8) is 0 Å². The number of fused-ring (bicyclic) bond motifs is 1. The lowest BCUT2D eigenvalue weighted by atomic mass is 9.81. The molecule has 3 rings (SSSR count). The van der Waals surface area contributed by atoms with Gasteiger partial charge in [-0.3, -0.25) is 9.59 Å². The Balaban J connectivity index is 1.71. The third kappa shape index (κ3) is 2.82. The summed E-state index contributed by atoms with van der Waals surface area (Å²) in [4.78, 5) is 24.4. The number of Topliss-reactive ketones (excluding diaryl/α,β-unsaturated/α-hetero) is 1. The number of amides is 1. The van der Waals surface area contributed by atoms with E-state index in [1.54, 1.807) is 0 Å². The van der Waals surface area contributed by atoms with Gasteiger partial charge in [0.05, 0.1) is 5.56 Å². The van der Waals surface area contributed by atoms with E-state index in [-0.39, 0.29) is 17.1 Å². The first-order valence-corrected chi connectivity index (χ1v) is 8.14. The summed E-state index contributed by atoms with van der Waals surface area (Å²) in [6, 6.07) is 0. The third-order valence-electron chi connectivity index (χ3n) is 5.00. The van der Waals surface area contributed by atoms with E-state index >= 15 is 0 Å². The van der Waals surface area contributed by atoms with Gasteiger partial charge in [0.15, 0.2) is 11.5 Å². The van der Waals surface area contributed by atoms with Gasteiger partial charge in [-0.2, -0.15) is 0 Å². The molecule has 1 aliphatic carbocycles. The predicted octanol–water partition coefficient (Wildman–Crippen LogP) is 2.23. The number of carbonyl (C=O) groups is 2. The molecule has 2 aliphatic rings. The van der Waals surface area contributed by atoms with Crippen LogP contribution in [0.3, 0.4) is 0 Å². The summed E-state index contributed by atoms with van der Waals surface area (Å²) in [6.07, 6.45) is 4.22. The van der Waals surface area contributed by atoms with Gasteiger partial charge >= 0.3 is 0 Å². The molecule has 0 aromatic carbocycles. The standard InChI is InChI=1S/C17H24N2O3/c1-11-14-12(20)4-3-5-13(14)22-15(11)16(21)19-10-17(2)6-8-18-9-7-17/h18H,3-10H2,1-2H3,(H,19,21). The molecule has 1 aromatic rings. The maximum atomic E-state index is 12.4. The van der Waals surface area contributed by atoms with E-state index in [2.05, 4.69) is 17.6 Å². The van der Waals surface area contributed by atoms with Crippen LogP contribution in [0.25, 0.3) is 0 Å². The van der Waals surface area contributed by atoms with Crippen molar-refractivity contribution in [2.75, 3.05) is 19.6 Å². The summed E-state index contributed by atoms with van der Waals surface area (Å²) in [5, 5.41) is 6.34. The number of rotatable bonds is 3. The minimum Gasteiger partial charge on any atom is -0.455 e. The fraction of sp³-hybridized carbons (Fsp3) is 0.647. The minimum atomic E-state index is -0.195. The Morgan fingerprint density at radius 1 is 1.32 bits per heavy atom. The highest BCUT2D eigenvalue weighted by molar-refractivity contribution is 6.03. The second kappa shape index (κ2) is 5.88. The Hall–Kier alpha value is -1.62. The lowest BCUT2D eigenvalue weighted by Gasteiger charge is -2.34. The molecule has 1 aromatic heterocycles. The topological polar surface area (TPSA) is 71.3 Å². The van der Waals surface area contributed by atoms with Crippen molar-refractivity contribution in [1.82, 2.24) is 10.6 Å². The van der Waals surface area contributed by atoms with Gasteiger partial charge < -0.3 is 15.1 Å². The van der Waals surface area contributed by atoms with Crippen molar-refractivity contribution in [2.45, 2.75) is 46.0 Å². The van der Waals surface area contributed by atoms with Gasteiger partial charge in [0, 0.05) is 24.9 Å². The number of piperidine rings is 1. The zero-order valence-corrected chi connectivity index (χ0v) is 13.4. The highest BCUT2D eigenvalue weighted by atomic mass is 16.4. The number of hydrogen-bond acceptors (Lipinski definition) is 4. The Morgan fingerprint density at radius 3 is 2.73 bits per heavy atom. The van der Waals surface area contributed by atoms with Crippen LogP contribution >= 0.6 is 0 Å². The van der Waals surface area contributed by atoms with Gasteiger partial charge in [0.1, 0.15) is 5.76 Å². The number of furan rings is 1. The van der Waals surface area contributed by atoms with E-state index in [9.17, 15) is 9.59 Å². The number of ketones is 1. The smallest absolute Gasteiger partial charge is 0.287 e. The van der Waals surface area contributed by atoms with Gasteiger partial charge in [-0.05, 0) is 44.7 Å². The van der Waals surface area contributed by atoms with Crippen LogP contribution in [0.1, 0.15) is 64.8 Å². The fourth-order valence-corrected chi connectivity index (χ4v) is 3.45. The highest BCUT2D eigenvalue weighted by Gasteiger charge is 2.31. The van der Waals surface area contributed by atoms with Gasteiger partial charge in [-0.15, -0.1) is 0 Å². The number of aryl methyl sites for hydroxylation is 1. The molecule has 1 fully saturated rings. The quantitative estimate of drug-likeness (QED) is 0.898. The molecule has 0 radical (unpaired) electrons. The summed E-state index contributed by atoms with van der Waals surface area (Å²) in [7, 11) is 0. The second-order valence-electron chi connectivity index (χ2n) is 6.87. The number of hydrogen-bond donors (Lipinski definition) is 2. The number of carbonyl (C=O) groups excluding carboxylic acids is 2. The van der Waals surface area contributed by atoms with E-state index in [0.29, 0.717) is 35.6 Å². The van der Waals surface area contributed by atoms with Crippen molar-refractivity contribution >= 4 is 11.7 Å². The van der Waals surface area contributed by atoms with Gasteiger partial charge in [-0.1, -0.05) is 6.92 Å². The second-order valence-corrected chi connectivity index (χ2v) is 6.87. The first-order valence-electron chi connectivity index (χ1n) is 8.14. The normalized spacial score (nSPS) is 20.5. The third-order valence-corrected chi connectivity index (χ3v) is 5.00. The van der Waals surface area contributed by atoms with Crippen molar-refractivity contribution < 1.29 is 14.0 Å². The molecule has 1 saturated heterocycles. The van der Waals surface area contributed by atoms with Crippen LogP contribution < -0.4 is 10.6 Å². The Kier molecular flexibility index (Phi) is 4.08. The Labute approximate surface area is 130 Å². The molecule has 0 saturated carbocycles. The Morgan fingerprint density at radius 2 is 2.05 bits per heavy atom. The molecule has 0 unspecified atom stereocenters. The molecule has 22 heavy (non-hydrogen) atoms. The van der Waals surface area contributed by atoms with Crippen molar-refractivity contribution in [1.29, 1.82) is 0 Å². The van der Waals surface area contributed by atoms with Crippen LogP contribution in [-0.4, -0.2) is 31.3 Å². The molecule has 120 valence electrons. The van der Waals surface area contributed by atoms with Gasteiger partial charge in [0.2, 0.25) is 0 Å². The van der Waals surface area contributed by atoms with Crippen LogP contribution in [0.4, 0.5) is 0 Å². The van der Waals surface area contributed by atoms with Crippen LogP contribution in [0, 0.1) is 12.3 Å². The molecule has 5 nitrogen and oxygen atoms in total. The van der Waals surface area contributed by atoms with Crippen molar-refractivity contribution in [2.24, 2.45) is 5.41 Å². The number of nitrogens with one attached hydrogen (secondary N) is 2. The molecule has 0 spiro atoms. The maximum Gasteiger partial charge on any atom is 0.287 e. The zero-order chi connectivity index (χ0) is 15.7. The highest BCUT2D eigenvalue weighted by Crippen LogP contribution is 2.30. The molecule has 0 atom stereocenters. The SMILES string of the molecule is Cc1c(C(=O)NCC2(C)CCNCC2)oc2c1C(=O)CCC2. The van der Waals surface area contributed by atoms with Crippen LogP contribution in [-0.2, 0) is 6.42 Å². The van der Waals surface area contributed by atoms with E-state index in [1.165, 1.54) is 0 Å². The zero-order valence-electron chi connectivity index (χ0n) is 13.4. The summed E-state index contributed by atoms with van der Waals surface area (Å²) in [5.74, 6) is 0.913. The van der Waals surface area contributed by atoms with E-state index in [4.69, 9.17) is 4.42 Å².